The van der Waals surface area contributed by atoms with Crippen molar-refractivity contribution in [3.8, 4) is 5.75 Å². The molecule has 1 aromatic rings. The van der Waals surface area contributed by atoms with Gasteiger partial charge in [-0.15, -0.1) is 0 Å². The van der Waals surface area contributed by atoms with Crippen LogP contribution >= 0.6 is 0 Å². The minimum Gasteiger partial charge on any atom is -0.493 e. The number of nitrogens with one attached hydrogen (secondary N) is 1. The molecule has 8 heteroatoms. The molecule has 184 valence electrons. The topological polar surface area (TPSA) is 91.3 Å². The highest BCUT2D eigenvalue weighted by atomic mass is 16.5. The summed E-state index contributed by atoms with van der Waals surface area (Å²) in [4.78, 5) is 28.7. The molecule has 2 fully saturated rings. The third kappa shape index (κ3) is 6.84. The molecule has 1 saturated carbocycles. The van der Waals surface area contributed by atoms with Gasteiger partial charge in [0.2, 0.25) is 0 Å². The molecule has 2 atom stereocenters. The van der Waals surface area contributed by atoms with E-state index in [0.29, 0.717) is 31.9 Å². The number of ether oxygens (including phenoxy) is 2. The van der Waals surface area contributed by atoms with E-state index in [-0.39, 0.29) is 29.8 Å². The molecule has 1 aliphatic heterocycles. The number of benzene rings is 1. The Balaban J connectivity index is 1.68. The van der Waals surface area contributed by atoms with Crippen molar-refractivity contribution in [2.24, 2.45) is 11.8 Å². The van der Waals surface area contributed by atoms with E-state index in [1.54, 1.807) is 12.0 Å². The Morgan fingerprint density at radius 2 is 1.85 bits per heavy atom. The molecule has 1 saturated heterocycles. The highest BCUT2D eigenvalue weighted by molar-refractivity contribution is 5.95. The molecule has 0 aromatic heterocycles. The second-order valence-corrected chi connectivity index (χ2v) is 9.57. The molecule has 2 N–H and O–H groups in total. The predicted molar refractivity (Wildman–Crippen MR) is 127 cm³/mol. The number of carbonyl (C=O) groups is 2. The highest BCUT2D eigenvalue weighted by Gasteiger charge is 2.38. The first-order valence-electron chi connectivity index (χ1n) is 12.1. The van der Waals surface area contributed by atoms with Crippen LogP contribution in [0.1, 0.15) is 49.0 Å². The van der Waals surface area contributed by atoms with Crippen molar-refractivity contribution in [3.05, 3.63) is 29.3 Å². The number of carbonyl (C=O) groups excluding carboxylic acids is 1. The quantitative estimate of drug-likeness (QED) is 0.465. The maximum atomic E-state index is 13.5. The molecular weight excluding hydrogens is 422 g/mol. The molecule has 1 heterocycles. The Morgan fingerprint density at radius 3 is 2.45 bits per heavy atom. The van der Waals surface area contributed by atoms with Gasteiger partial charge in [-0.05, 0) is 63.1 Å². The van der Waals surface area contributed by atoms with Crippen molar-refractivity contribution in [1.29, 1.82) is 0 Å². The van der Waals surface area contributed by atoms with Gasteiger partial charge in [0.15, 0.2) is 0 Å². The molecule has 1 aromatic carbocycles. The lowest BCUT2D eigenvalue weighted by Crippen LogP contribution is -2.44. The fourth-order valence-corrected chi connectivity index (χ4v) is 4.46. The van der Waals surface area contributed by atoms with Gasteiger partial charge in [-0.25, -0.2) is 4.79 Å². The third-order valence-corrected chi connectivity index (χ3v) is 6.65. The van der Waals surface area contributed by atoms with Gasteiger partial charge in [0, 0.05) is 64.0 Å². The van der Waals surface area contributed by atoms with Gasteiger partial charge < -0.3 is 29.7 Å². The summed E-state index contributed by atoms with van der Waals surface area (Å²) in [5.41, 5.74) is 1.61. The second kappa shape index (κ2) is 11.7. The molecule has 0 bridgehead atoms. The molecule has 33 heavy (non-hydrogen) atoms. The van der Waals surface area contributed by atoms with Crippen LogP contribution in [0.5, 0.6) is 5.75 Å². The van der Waals surface area contributed by atoms with E-state index in [0.717, 1.165) is 43.7 Å². The largest absolute Gasteiger partial charge is 0.493 e. The normalized spacial score (nSPS) is 20.2. The Morgan fingerprint density at radius 1 is 1.15 bits per heavy atom. The van der Waals surface area contributed by atoms with Crippen molar-refractivity contribution in [2.45, 2.75) is 52.1 Å². The summed E-state index contributed by atoms with van der Waals surface area (Å²) in [6.45, 7) is 9.91. The number of nitrogens with zero attached hydrogens (tertiary/aromatic N) is 2. The Kier molecular flexibility index (Phi) is 8.97. The first-order valence-corrected chi connectivity index (χ1v) is 12.1. The monoisotopic (exact) mass is 461 g/mol. The van der Waals surface area contributed by atoms with E-state index in [1.165, 1.54) is 0 Å². The summed E-state index contributed by atoms with van der Waals surface area (Å²) < 4.78 is 11.0. The van der Waals surface area contributed by atoms with Gasteiger partial charge in [0.1, 0.15) is 5.75 Å². The van der Waals surface area contributed by atoms with Gasteiger partial charge >= 0.3 is 6.09 Å². The van der Waals surface area contributed by atoms with Crippen molar-refractivity contribution in [2.75, 3.05) is 46.5 Å². The van der Waals surface area contributed by atoms with Crippen LogP contribution in [-0.2, 0) is 4.74 Å². The van der Waals surface area contributed by atoms with E-state index in [4.69, 9.17) is 9.47 Å². The van der Waals surface area contributed by atoms with Gasteiger partial charge in [-0.3, -0.25) is 4.79 Å². The lowest BCUT2D eigenvalue weighted by Gasteiger charge is -2.33. The fraction of sp³-hybridized carbons (Fsp3) is 0.680. The molecule has 1 aliphatic carbocycles. The van der Waals surface area contributed by atoms with E-state index in [9.17, 15) is 14.7 Å². The molecule has 8 nitrogen and oxygen atoms in total. The summed E-state index contributed by atoms with van der Waals surface area (Å²) in [6.07, 6.45) is 1.86. The van der Waals surface area contributed by atoms with Crippen molar-refractivity contribution >= 4 is 12.0 Å². The van der Waals surface area contributed by atoms with Crippen LogP contribution in [0.25, 0.3) is 0 Å². The number of rotatable bonds is 12. The van der Waals surface area contributed by atoms with Crippen molar-refractivity contribution < 1.29 is 24.2 Å². The average Bonchev–Trinajstić information content (AvgIpc) is 3.52. The number of aryl methyl sites for hydroxylation is 1. The number of hydrogen-bond donors (Lipinski definition) is 2. The van der Waals surface area contributed by atoms with Crippen molar-refractivity contribution in [3.63, 3.8) is 0 Å². The first kappa shape index (κ1) is 25.3. The summed E-state index contributed by atoms with van der Waals surface area (Å²) in [7, 11) is 1.67. The maximum absolute atomic E-state index is 13.5. The Hall–Kier alpha value is -2.32. The smallest absolute Gasteiger partial charge is 0.407 e. The number of hydrogen-bond acceptors (Lipinski definition) is 5. The SMILES string of the molecule is COCCCOc1cc(C(=O)N(C[C@@H]2CNC[C@H]2CN(C(=O)O)C2CC2)C(C)C)ccc1C. The van der Waals surface area contributed by atoms with Crippen LogP contribution < -0.4 is 10.1 Å². The summed E-state index contributed by atoms with van der Waals surface area (Å²) in [5.74, 6) is 1.12. The molecule has 0 radical (unpaired) electrons. The van der Waals surface area contributed by atoms with Crippen LogP contribution in [0, 0.1) is 18.8 Å². The Bertz CT molecular complexity index is 811. The zero-order chi connectivity index (χ0) is 24.0. The van der Waals surface area contributed by atoms with E-state index < -0.39 is 6.09 Å². The summed E-state index contributed by atoms with van der Waals surface area (Å²) >= 11 is 0. The molecule has 0 unspecified atom stereocenters. The molecular formula is C25H39N3O5. The van der Waals surface area contributed by atoms with Crippen LogP contribution in [0.15, 0.2) is 18.2 Å². The first-order chi connectivity index (χ1) is 15.8. The van der Waals surface area contributed by atoms with Gasteiger partial charge in [0.05, 0.1) is 6.61 Å². The standard InChI is InChI=1S/C25H39N3O5/c1-17(2)27(15-20-13-26-14-21(20)16-28(25(30)31)22-8-9-22)24(29)19-7-6-18(3)23(12-19)33-11-5-10-32-4/h6-7,12,17,20-22,26H,5,8-11,13-16H2,1-4H3,(H,30,31)/t20-,21-/m0/s1. The fourth-order valence-electron chi connectivity index (χ4n) is 4.46. The molecule has 0 spiro atoms. The zero-order valence-electron chi connectivity index (χ0n) is 20.4. The molecule has 2 aliphatic rings. The Labute approximate surface area is 197 Å². The minimum absolute atomic E-state index is 0.0188. The maximum Gasteiger partial charge on any atom is 0.407 e. The van der Waals surface area contributed by atoms with Crippen molar-refractivity contribution in [1.82, 2.24) is 15.1 Å². The lowest BCUT2D eigenvalue weighted by molar-refractivity contribution is 0.0646. The van der Waals surface area contributed by atoms with Crippen LogP contribution in [0.2, 0.25) is 0 Å². The average molecular weight is 462 g/mol. The van der Waals surface area contributed by atoms with Gasteiger partial charge in [-0.1, -0.05) is 6.07 Å². The van der Waals surface area contributed by atoms with E-state index >= 15 is 0 Å². The molecule has 3 rings (SSSR count). The van der Waals surface area contributed by atoms with Gasteiger partial charge in [0.25, 0.3) is 5.91 Å². The lowest BCUT2D eigenvalue weighted by atomic mass is 9.94. The number of carboxylic acid groups (broad SMARTS) is 1. The summed E-state index contributed by atoms with van der Waals surface area (Å²) in [5, 5.41) is 13.0. The van der Waals surface area contributed by atoms with Crippen LogP contribution in [0.3, 0.4) is 0 Å². The second-order valence-electron chi connectivity index (χ2n) is 9.57. The van der Waals surface area contributed by atoms with Gasteiger partial charge in [-0.2, -0.15) is 0 Å². The zero-order valence-corrected chi connectivity index (χ0v) is 20.4. The van der Waals surface area contributed by atoms with Crippen LogP contribution in [-0.4, -0.2) is 85.5 Å². The third-order valence-electron chi connectivity index (χ3n) is 6.65. The minimum atomic E-state index is -0.836. The van der Waals surface area contributed by atoms with E-state index in [1.807, 2.05) is 43.9 Å². The van der Waals surface area contributed by atoms with E-state index in [2.05, 4.69) is 5.32 Å². The predicted octanol–water partition coefficient (Wildman–Crippen LogP) is 3.24. The highest BCUT2D eigenvalue weighted by Crippen LogP contribution is 2.30. The molecule has 2 amide bonds. The van der Waals surface area contributed by atoms with Crippen LogP contribution in [0.4, 0.5) is 4.79 Å². The number of amides is 2. The summed E-state index contributed by atoms with van der Waals surface area (Å²) in [6, 6.07) is 5.83. The number of methoxy groups -OCH3 is 1.